The van der Waals surface area contributed by atoms with Gasteiger partial charge >= 0.3 is 0 Å². The molecule has 1 heterocycles. The molecule has 1 saturated carbocycles. The molecule has 16 heavy (non-hydrogen) atoms. The van der Waals surface area contributed by atoms with E-state index in [9.17, 15) is 0 Å². The third-order valence-electron chi connectivity index (χ3n) is 3.13. The number of hydrogen-bond donors (Lipinski definition) is 1. The molecule has 0 radical (unpaired) electrons. The smallest absolute Gasteiger partial charge is 0.119 e. The van der Waals surface area contributed by atoms with E-state index in [0.29, 0.717) is 6.61 Å². The maximum Gasteiger partial charge on any atom is 0.119 e. The number of thiazole rings is 1. The Morgan fingerprint density at radius 1 is 1.56 bits per heavy atom. The normalized spacial score (nSPS) is 16.3. The van der Waals surface area contributed by atoms with Crippen molar-refractivity contribution in [1.29, 1.82) is 0 Å². The molecule has 1 aromatic rings. The van der Waals surface area contributed by atoms with E-state index in [1.807, 2.05) is 0 Å². The van der Waals surface area contributed by atoms with Crippen LogP contribution in [0, 0.1) is 5.92 Å². The van der Waals surface area contributed by atoms with Gasteiger partial charge in [0.1, 0.15) is 5.01 Å². The minimum absolute atomic E-state index is 0.632. The van der Waals surface area contributed by atoms with Crippen LogP contribution in [-0.2, 0) is 17.9 Å². The fourth-order valence-electron chi connectivity index (χ4n) is 1.92. The van der Waals surface area contributed by atoms with Crippen molar-refractivity contribution >= 4 is 11.3 Å². The SMILES string of the molecule is COCc1nc(CNCCC2CCC2)cs1. The predicted octanol–water partition coefficient (Wildman–Crippen LogP) is 2.57. The highest BCUT2D eigenvalue weighted by atomic mass is 32.1. The van der Waals surface area contributed by atoms with Crippen molar-refractivity contribution in [3.63, 3.8) is 0 Å². The van der Waals surface area contributed by atoms with Gasteiger partial charge in [0.2, 0.25) is 0 Å². The molecule has 0 spiro atoms. The molecule has 0 bridgehead atoms. The van der Waals surface area contributed by atoms with Crippen LogP contribution in [0.1, 0.15) is 36.4 Å². The summed E-state index contributed by atoms with van der Waals surface area (Å²) in [6.07, 6.45) is 5.65. The second-order valence-corrected chi connectivity index (χ2v) is 5.37. The molecule has 4 heteroatoms. The minimum Gasteiger partial charge on any atom is -0.378 e. The van der Waals surface area contributed by atoms with Crippen molar-refractivity contribution < 1.29 is 4.74 Å². The molecule has 0 unspecified atom stereocenters. The maximum absolute atomic E-state index is 5.05. The fourth-order valence-corrected chi connectivity index (χ4v) is 2.69. The number of nitrogens with zero attached hydrogens (tertiary/aromatic N) is 1. The monoisotopic (exact) mass is 240 g/mol. The van der Waals surface area contributed by atoms with Crippen LogP contribution in [0.3, 0.4) is 0 Å². The molecule has 0 saturated heterocycles. The standard InChI is InChI=1S/C12H20N2OS/c1-15-8-12-14-11(9-16-12)7-13-6-5-10-3-2-4-10/h9-10,13H,2-8H2,1H3. The molecule has 0 aliphatic heterocycles. The molecule has 0 amide bonds. The summed E-state index contributed by atoms with van der Waals surface area (Å²) in [7, 11) is 1.71. The number of rotatable bonds is 7. The molecule has 1 fully saturated rings. The van der Waals surface area contributed by atoms with Crippen molar-refractivity contribution in [2.75, 3.05) is 13.7 Å². The van der Waals surface area contributed by atoms with Crippen molar-refractivity contribution in [2.45, 2.75) is 38.8 Å². The number of methoxy groups -OCH3 is 1. The van der Waals surface area contributed by atoms with E-state index in [-0.39, 0.29) is 0 Å². The highest BCUT2D eigenvalue weighted by molar-refractivity contribution is 7.09. The Morgan fingerprint density at radius 2 is 2.44 bits per heavy atom. The summed E-state index contributed by atoms with van der Waals surface area (Å²) in [6, 6.07) is 0. The summed E-state index contributed by atoms with van der Waals surface area (Å²) < 4.78 is 5.05. The topological polar surface area (TPSA) is 34.1 Å². The zero-order valence-electron chi connectivity index (χ0n) is 9.87. The first-order valence-electron chi connectivity index (χ1n) is 6.01. The van der Waals surface area contributed by atoms with E-state index in [0.717, 1.165) is 29.7 Å². The Hall–Kier alpha value is -0.450. The summed E-state index contributed by atoms with van der Waals surface area (Å²) in [5.74, 6) is 0.993. The van der Waals surface area contributed by atoms with E-state index < -0.39 is 0 Å². The van der Waals surface area contributed by atoms with Crippen LogP contribution in [0.4, 0.5) is 0 Å². The van der Waals surface area contributed by atoms with Gasteiger partial charge in [-0.2, -0.15) is 0 Å². The van der Waals surface area contributed by atoms with Gasteiger partial charge in [0.05, 0.1) is 12.3 Å². The van der Waals surface area contributed by atoms with Crippen LogP contribution in [0.25, 0.3) is 0 Å². The summed E-state index contributed by atoms with van der Waals surface area (Å²) in [4.78, 5) is 4.48. The third-order valence-corrected chi connectivity index (χ3v) is 4.00. The quantitative estimate of drug-likeness (QED) is 0.744. The largest absolute Gasteiger partial charge is 0.378 e. The van der Waals surface area contributed by atoms with Gasteiger partial charge in [-0.05, 0) is 18.9 Å². The Labute approximate surface area is 101 Å². The van der Waals surface area contributed by atoms with E-state index >= 15 is 0 Å². The van der Waals surface area contributed by atoms with Crippen LogP contribution in [-0.4, -0.2) is 18.6 Å². The minimum atomic E-state index is 0.632. The first kappa shape index (κ1) is 12.0. The van der Waals surface area contributed by atoms with Crippen LogP contribution >= 0.6 is 11.3 Å². The van der Waals surface area contributed by atoms with Gasteiger partial charge in [-0.3, -0.25) is 0 Å². The molecule has 2 rings (SSSR count). The fraction of sp³-hybridized carbons (Fsp3) is 0.750. The van der Waals surface area contributed by atoms with E-state index in [2.05, 4.69) is 15.7 Å². The van der Waals surface area contributed by atoms with Gasteiger partial charge in [0, 0.05) is 19.0 Å². The maximum atomic E-state index is 5.05. The van der Waals surface area contributed by atoms with Crippen molar-refractivity contribution in [1.82, 2.24) is 10.3 Å². The molecule has 0 aromatic carbocycles. The molecule has 0 atom stereocenters. The van der Waals surface area contributed by atoms with E-state index in [4.69, 9.17) is 4.74 Å². The first-order chi connectivity index (χ1) is 7.88. The van der Waals surface area contributed by atoms with Crippen LogP contribution < -0.4 is 5.32 Å². The van der Waals surface area contributed by atoms with Crippen molar-refractivity contribution in [3.8, 4) is 0 Å². The van der Waals surface area contributed by atoms with E-state index in [1.54, 1.807) is 18.4 Å². The number of aromatic nitrogens is 1. The van der Waals surface area contributed by atoms with Gasteiger partial charge in [0.25, 0.3) is 0 Å². The number of ether oxygens (including phenoxy) is 1. The lowest BCUT2D eigenvalue weighted by molar-refractivity contribution is 0.184. The van der Waals surface area contributed by atoms with Crippen LogP contribution in [0.2, 0.25) is 0 Å². The highest BCUT2D eigenvalue weighted by Crippen LogP contribution is 2.28. The van der Waals surface area contributed by atoms with Gasteiger partial charge < -0.3 is 10.1 Å². The Morgan fingerprint density at radius 3 is 3.12 bits per heavy atom. The molecule has 3 nitrogen and oxygen atoms in total. The predicted molar refractivity (Wildman–Crippen MR) is 66.5 cm³/mol. The Kier molecular flexibility index (Phi) is 4.75. The summed E-state index contributed by atoms with van der Waals surface area (Å²) >= 11 is 1.68. The average molecular weight is 240 g/mol. The van der Waals surface area contributed by atoms with Gasteiger partial charge in [-0.1, -0.05) is 19.3 Å². The van der Waals surface area contributed by atoms with E-state index in [1.165, 1.54) is 25.7 Å². The first-order valence-corrected chi connectivity index (χ1v) is 6.89. The molecule has 1 N–H and O–H groups in total. The van der Waals surface area contributed by atoms with Gasteiger partial charge in [0.15, 0.2) is 0 Å². The molecule has 1 aliphatic carbocycles. The van der Waals surface area contributed by atoms with Crippen LogP contribution in [0.5, 0.6) is 0 Å². The molecular formula is C12H20N2OS. The van der Waals surface area contributed by atoms with Crippen molar-refractivity contribution in [2.24, 2.45) is 5.92 Å². The Balaban J connectivity index is 1.60. The number of nitrogens with one attached hydrogen (secondary N) is 1. The summed E-state index contributed by atoms with van der Waals surface area (Å²) in [5, 5.41) is 6.64. The zero-order valence-corrected chi connectivity index (χ0v) is 10.7. The van der Waals surface area contributed by atoms with Gasteiger partial charge in [-0.25, -0.2) is 4.98 Å². The number of hydrogen-bond acceptors (Lipinski definition) is 4. The Bertz CT molecular complexity index is 310. The second kappa shape index (κ2) is 6.33. The highest BCUT2D eigenvalue weighted by Gasteiger charge is 2.16. The molecule has 1 aromatic heterocycles. The van der Waals surface area contributed by atoms with Crippen LogP contribution in [0.15, 0.2) is 5.38 Å². The summed E-state index contributed by atoms with van der Waals surface area (Å²) in [6.45, 7) is 2.65. The average Bonchev–Trinajstić information content (AvgIpc) is 2.63. The molecule has 1 aliphatic rings. The third kappa shape index (κ3) is 3.54. The van der Waals surface area contributed by atoms with Crippen molar-refractivity contribution in [3.05, 3.63) is 16.1 Å². The van der Waals surface area contributed by atoms with Gasteiger partial charge in [-0.15, -0.1) is 11.3 Å². The lowest BCUT2D eigenvalue weighted by atomic mass is 9.83. The molecule has 90 valence electrons. The summed E-state index contributed by atoms with van der Waals surface area (Å²) in [5.41, 5.74) is 1.14. The lowest BCUT2D eigenvalue weighted by Gasteiger charge is -2.25. The second-order valence-electron chi connectivity index (χ2n) is 4.43. The molecular weight excluding hydrogens is 220 g/mol. The zero-order chi connectivity index (χ0) is 11.2. The lowest BCUT2D eigenvalue weighted by Crippen LogP contribution is -2.21.